The minimum atomic E-state index is -2.03. The molecule has 1 aliphatic heterocycles. The van der Waals surface area contributed by atoms with Gasteiger partial charge in [-0.3, -0.25) is 4.79 Å². The molecule has 1 aromatic rings. The Kier molecular flexibility index (Phi) is 4.92. The molecule has 5 heteroatoms. The van der Waals surface area contributed by atoms with Gasteiger partial charge in [0, 0.05) is 25.1 Å². The number of rotatable bonds is 4. The molecule has 1 amide bonds. The van der Waals surface area contributed by atoms with E-state index in [1.54, 1.807) is 7.11 Å². The number of carbonyl (C=O) groups excluding carboxylic acids is 1. The first kappa shape index (κ1) is 19.3. The monoisotopic (exact) mass is 373 g/mol. The van der Waals surface area contributed by atoms with Crippen LogP contribution in [0.3, 0.4) is 0 Å². The molecule has 3 rings (SSSR count). The first-order valence-corrected chi connectivity index (χ1v) is 12.3. The van der Waals surface area contributed by atoms with E-state index >= 15 is 0 Å². The van der Waals surface area contributed by atoms with Crippen LogP contribution in [0.25, 0.3) is 0 Å². The zero-order valence-electron chi connectivity index (χ0n) is 16.8. The first-order valence-electron chi connectivity index (χ1n) is 9.40. The molecule has 0 saturated carbocycles. The Bertz CT molecular complexity index is 695. The van der Waals surface area contributed by atoms with Gasteiger partial charge in [0.15, 0.2) is 14.5 Å². The molecule has 0 aromatic heterocycles. The second-order valence-corrected chi connectivity index (χ2v) is 13.7. The van der Waals surface area contributed by atoms with Crippen molar-refractivity contribution in [3.8, 4) is 0 Å². The van der Waals surface area contributed by atoms with Crippen LogP contribution in [0.2, 0.25) is 18.1 Å². The highest BCUT2D eigenvalue weighted by atomic mass is 28.4. The Morgan fingerprint density at radius 1 is 1.23 bits per heavy atom. The second kappa shape index (κ2) is 6.62. The van der Waals surface area contributed by atoms with Gasteiger partial charge in [-0.05, 0) is 36.7 Å². The van der Waals surface area contributed by atoms with Crippen molar-refractivity contribution in [2.75, 3.05) is 7.11 Å². The fourth-order valence-corrected chi connectivity index (χ4v) is 5.34. The van der Waals surface area contributed by atoms with Crippen molar-refractivity contribution in [1.29, 1.82) is 0 Å². The lowest BCUT2D eigenvalue weighted by atomic mass is 9.92. The average Bonchev–Trinajstić information content (AvgIpc) is 2.79. The molecule has 1 aromatic carbocycles. The van der Waals surface area contributed by atoms with Gasteiger partial charge in [0.2, 0.25) is 0 Å². The summed E-state index contributed by atoms with van der Waals surface area (Å²) >= 11 is 0. The lowest BCUT2D eigenvalue weighted by Gasteiger charge is -2.45. The highest BCUT2D eigenvalue weighted by molar-refractivity contribution is 6.74. The van der Waals surface area contributed by atoms with E-state index in [0.717, 1.165) is 12.8 Å². The Morgan fingerprint density at radius 2 is 1.88 bits per heavy atom. The number of benzene rings is 1. The van der Waals surface area contributed by atoms with Crippen molar-refractivity contribution in [3.63, 3.8) is 0 Å². The van der Waals surface area contributed by atoms with Crippen LogP contribution >= 0.6 is 0 Å². The highest BCUT2D eigenvalue weighted by Gasteiger charge is 2.58. The Morgan fingerprint density at radius 3 is 2.46 bits per heavy atom. The predicted molar refractivity (Wildman–Crippen MR) is 107 cm³/mol. The summed E-state index contributed by atoms with van der Waals surface area (Å²) in [6, 6.07) is 9.58. The summed E-state index contributed by atoms with van der Waals surface area (Å²) in [6.07, 6.45) is 5.56. The number of fused-ring (bicyclic) bond motifs is 2. The van der Waals surface area contributed by atoms with Crippen LogP contribution in [0, 0.1) is 0 Å². The molecular weight excluding hydrogens is 342 g/mol. The standard InChI is InChI=1S/C21H31NO3Si/c1-20(2,3)26(5,6)25-21-14-10-13-17(15-21)22(19(21)24-4)18(23)16-11-8-7-9-12-16/h7-12,14,17,19H,13,15H2,1-6H3. The summed E-state index contributed by atoms with van der Waals surface area (Å²) in [7, 11) is -0.348. The molecule has 1 fully saturated rings. The van der Waals surface area contributed by atoms with Crippen LogP contribution in [0.15, 0.2) is 42.5 Å². The third-order valence-corrected chi connectivity index (χ3v) is 10.7. The molecule has 142 valence electrons. The molecule has 4 nitrogen and oxygen atoms in total. The van der Waals surface area contributed by atoms with Gasteiger partial charge in [-0.2, -0.15) is 0 Å². The fourth-order valence-electron chi connectivity index (χ4n) is 3.84. The summed E-state index contributed by atoms with van der Waals surface area (Å²) in [5.74, 6) is 0.0202. The molecule has 1 heterocycles. The van der Waals surface area contributed by atoms with Gasteiger partial charge < -0.3 is 14.1 Å². The smallest absolute Gasteiger partial charge is 0.256 e. The van der Waals surface area contributed by atoms with Gasteiger partial charge in [0.1, 0.15) is 5.60 Å². The first-order chi connectivity index (χ1) is 12.1. The summed E-state index contributed by atoms with van der Waals surface area (Å²) in [5.41, 5.74) is 0.148. The van der Waals surface area contributed by atoms with Crippen molar-refractivity contribution < 1.29 is 14.0 Å². The van der Waals surface area contributed by atoms with E-state index in [-0.39, 0.29) is 17.0 Å². The predicted octanol–water partition coefficient (Wildman–Crippen LogP) is 4.59. The zero-order chi connectivity index (χ0) is 19.2. The van der Waals surface area contributed by atoms with Crippen molar-refractivity contribution >= 4 is 14.2 Å². The topological polar surface area (TPSA) is 38.8 Å². The van der Waals surface area contributed by atoms with Crippen molar-refractivity contribution in [3.05, 3.63) is 48.0 Å². The number of nitrogens with zero attached hydrogens (tertiary/aromatic N) is 1. The third kappa shape index (κ3) is 3.17. The van der Waals surface area contributed by atoms with Gasteiger partial charge >= 0.3 is 0 Å². The van der Waals surface area contributed by atoms with Gasteiger partial charge in [0.25, 0.3) is 5.91 Å². The van der Waals surface area contributed by atoms with Crippen molar-refractivity contribution in [2.24, 2.45) is 0 Å². The van der Waals surface area contributed by atoms with E-state index in [2.05, 4.69) is 46.0 Å². The summed E-state index contributed by atoms with van der Waals surface area (Å²) < 4.78 is 12.8. The summed E-state index contributed by atoms with van der Waals surface area (Å²) in [5, 5.41) is 0.0949. The van der Waals surface area contributed by atoms with Crippen molar-refractivity contribution in [2.45, 2.75) is 69.6 Å². The average molecular weight is 374 g/mol. The van der Waals surface area contributed by atoms with Crippen molar-refractivity contribution in [1.82, 2.24) is 4.90 Å². The third-order valence-electron chi connectivity index (χ3n) is 6.16. The molecule has 2 bridgehead atoms. The number of carbonyl (C=O) groups is 1. The van der Waals surface area contributed by atoms with Crippen LogP contribution in [0.1, 0.15) is 44.0 Å². The largest absolute Gasteiger partial charge is 0.403 e. The van der Waals surface area contributed by atoms with E-state index in [4.69, 9.17) is 9.16 Å². The quantitative estimate of drug-likeness (QED) is 0.572. The van der Waals surface area contributed by atoms with Crippen LogP contribution in [0.4, 0.5) is 0 Å². The van der Waals surface area contributed by atoms with Gasteiger partial charge in [-0.15, -0.1) is 0 Å². The molecule has 1 saturated heterocycles. The van der Waals surface area contributed by atoms with Gasteiger partial charge in [-0.25, -0.2) is 0 Å². The summed E-state index contributed by atoms with van der Waals surface area (Å²) in [4.78, 5) is 15.1. The van der Waals surface area contributed by atoms with E-state index in [1.165, 1.54) is 0 Å². The minimum absolute atomic E-state index is 0.0202. The normalized spacial score (nSPS) is 28.5. The molecule has 3 unspecified atom stereocenters. The van der Waals surface area contributed by atoms with Crippen LogP contribution in [-0.2, 0) is 9.16 Å². The van der Waals surface area contributed by atoms with Crippen LogP contribution < -0.4 is 0 Å². The number of likely N-dealkylation sites (tertiary alicyclic amines) is 1. The lowest BCUT2D eigenvalue weighted by Crippen LogP contribution is -2.55. The molecular formula is C21H31NO3Si. The summed E-state index contributed by atoms with van der Waals surface area (Å²) in [6.45, 7) is 11.2. The number of methoxy groups -OCH3 is 1. The molecule has 3 atom stereocenters. The Hall–Kier alpha value is -1.43. The fraction of sp³-hybridized carbons (Fsp3) is 0.571. The molecule has 0 radical (unpaired) electrons. The molecule has 26 heavy (non-hydrogen) atoms. The minimum Gasteiger partial charge on any atom is -0.403 e. The maximum Gasteiger partial charge on any atom is 0.256 e. The molecule has 0 spiro atoms. The SMILES string of the molecule is COC1N(C(=O)c2ccccc2)C2CC=CC1(O[Si](C)(C)C(C)(C)C)C2. The molecule has 1 aliphatic carbocycles. The highest BCUT2D eigenvalue weighted by Crippen LogP contribution is 2.48. The van der Waals surface area contributed by atoms with E-state index in [0.29, 0.717) is 5.56 Å². The Balaban J connectivity index is 1.96. The molecule has 0 N–H and O–H groups in total. The Labute approximate surface area is 158 Å². The number of hydrogen-bond acceptors (Lipinski definition) is 3. The van der Waals surface area contributed by atoms with Gasteiger partial charge in [-0.1, -0.05) is 51.1 Å². The van der Waals surface area contributed by atoms with E-state index < -0.39 is 20.1 Å². The molecule has 2 aliphatic rings. The van der Waals surface area contributed by atoms with E-state index in [1.807, 2.05) is 35.2 Å². The van der Waals surface area contributed by atoms with Gasteiger partial charge in [0.05, 0.1) is 0 Å². The lowest BCUT2D eigenvalue weighted by molar-refractivity contribution is -0.0842. The van der Waals surface area contributed by atoms with Crippen LogP contribution in [0.5, 0.6) is 0 Å². The zero-order valence-corrected chi connectivity index (χ0v) is 17.8. The maximum absolute atomic E-state index is 13.2. The number of ether oxygens (including phenoxy) is 1. The van der Waals surface area contributed by atoms with E-state index in [9.17, 15) is 4.79 Å². The van der Waals surface area contributed by atoms with Crippen LogP contribution in [-0.4, -0.2) is 44.1 Å². The maximum atomic E-state index is 13.2. The number of hydrogen-bond donors (Lipinski definition) is 0. The number of amides is 1. The second-order valence-electron chi connectivity index (χ2n) is 8.98.